The maximum Gasteiger partial charge on any atom is 0.248 e. The summed E-state index contributed by atoms with van der Waals surface area (Å²) in [5.74, 6) is -0.458. The monoisotopic (exact) mass is 342 g/mol. The summed E-state index contributed by atoms with van der Waals surface area (Å²) in [6, 6.07) is 5.04. The number of halogens is 2. The van der Waals surface area contributed by atoms with Gasteiger partial charge in [0.05, 0.1) is 0 Å². The quantitative estimate of drug-likeness (QED) is 0.850. The molecular formula is C15H16Cl2N2O3. The Kier molecular flexibility index (Phi) is 5.83. The molecule has 1 aromatic rings. The summed E-state index contributed by atoms with van der Waals surface area (Å²) in [4.78, 5) is 26.7. The van der Waals surface area contributed by atoms with Crippen LogP contribution in [0.1, 0.15) is 5.56 Å². The van der Waals surface area contributed by atoms with Gasteiger partial charge in [-0.3, -0.25) is 9.59 Å². The van der Waals surface area contributed by atoms with E-state index in [-0.39, 0.29) is 11.8 Å². The zero-order chi connectivity index (χ0) is 16.1. The molecule has 1 N–H and O–H groups in total. The smallest absolute Gasteiger partial charge is 0.248 e. The van der Waals surface area contributed by atoms with Crippen molar-refractivity contribution in [2.45, 2.75) is 0 Å². The molecule has 0 aliphatic carbocycles. The maximum absolute atomic E-state index is 12.1. The maximum atomic E-state index is 12.1. The van der Waals surface area contributed by atoms with Gasteiger partial charge in [0.15, 0.2) is 0 Å². The molecule has 1 aliphatic rings. The number of carbonyl (C=O) groups is 2. The summed E-state index contributed by atoms with van der Waals surface area (Å²) in [6.45, 7) is 1.24. The molecule has 1 aromatic carbocycles. The fourth-order valence-electron chi connectivity index (χ4n) is 2.19. The fourth-order valence-corrected chi connectivity index (χ4v) is 2.55. The number of hydrogen-bond donors (Lipinski definition) is 1. The number of piperazine rings is 1. The van der Waals surface area contributed by atoms with Gasteiger partial charge in [0.2, 0.25) is 11.8 Å². The van der Waals surface area contributed by atoms with E-state index >= 15 is 0 Å². The Morgan fingerprint density at radius 2 is 1.77 bits per heavy atom. The van der Waals surface area contributed by atoms with Gasteiger partial charge in [-0.05, 0) is 29.8 Å². The highest BCUT2D eigenvalue weighted by Gasteiger charge is 2.22. The average Bonchev–Trinajstić information content (AvgIpc) is 2.54. The Morgan fingerprint density at radius 1 is 1.14 bits per heavy atom. The minimum Gasteiger partial charge on any atom is -0.387 e. The van der Waals surface area contributed by atoms with E-state index in [9.17, 15) is 9.59 Å². The highest BCUT2D eigenvalue weighted by molar-refractivity contribution is 6.34. The first-order valence-corrected chi connectivity index (χ1v) is 7.57. The van der Waals surface area contributed by atoms with E-state index in [0.717, 1.165) is 0 Å². The Hall–Kier alpha value is -1.56. The zero-order valence-corrected chi connectivity index (χ0v) is 13.3. The minimum absolute atomic E-state index is 0.146. The number of aliphatic hydroxyl groups is 1. The largest absolute Gasteiger partial charge is 0.387 e. The van der Waals surface area contributed by atoms with E-state index in [1.54, 1.807) is 34.1 Å². The van der Waals surface area contributed by atoms with Crippen molar-refractivity contribution < 1.29 is 14.7 Å². The number of hydrogen-bond acceptors (Lipinski definition) is 3. The molecule has 1 aliphatic heterocycles. The van der Waals surface area contributed by atoms with Crippen LogP contribution in [0.25, 0.3) is 6.08 Å². The molecule has 0 unspecified atom stereocenters. The first kappa shape index (κ1) is 16.8. The molecule has 0 aromatic heterocycles. The third-order valence-electron chi connectivity index (χ3n) is 3.44. The van der Waals surface area contributed by atoms with Crippen LogP contribution in [0.5, 0.6) is 0 Å². The molecule has 1 fully saturated rings. The van der Waals surface area contributed by atoms with E-state index in [0.29, 0.717) is 41.8 Å². The Morgan fingerprint density at radius 3 is 2.41 bits per heavy atom. The fraction of sp³-hybridized carbons (Fsp3) is 0.333. The van der Waals surface area contributed by atoms with Gasteiger partial charge in [0, 0.05) is 42.3 Å². The van der Waals surface area contributed by atoms with Gasteiger partial charge >= 0.3 is 0 Å². The second-order valence-electron chi connectivity index (χ2n) is 4.86. The second kappa shape index (κ2) is 7.63. The lowest BCUT2D eigenvalue weighted by Gasteiger charge is -2.33. The average molecular weight is 343 g/mol. The van der Waals surface area contributed by atoms with Crippen molar-refractivity contribution in [3.63, 3.8) is 0 Å². The zero-order valence-electron chi connectivity index (χ0n) is 11.8. The lowest BCUT2D eigenvalue weighted by Crippen LogP contribution is -2.50. The predicted molar refractivity (Wildman–Crippen MR) is 85.7 cm³/mol. The summed E-state index contributed by atoms with van der Waals surface area (Å²) < 4.78 is 0. The van der Waals surface area contributed by atoms with Crippen molar-refractivity contribution in [1.82, 2.24) is 9.80 Å². The van der Waals surface area contributed by atoms with Crippen molar-refractivity contribution in [3.05, 3.63) is 39.9 Å². The molecule has 7 heteroatoms. The molecule has 0 radical (unpaired) electrons. The van der Waals surface area contributed by atoms with Crippen molar-refractivity contribution in [2.24, 2.45) is 0 Å². The molecular weight excluding hydrogens is 327 g/mol. The molecule has 118 valence electrons. The van der Waals surface area contributed by atoms with Crippen LogP contribution in [0.4, 0.5) is 0 Å². The van der Waals surface area contributed by atoms with Gasteiger partial charge in [-0.1, -0.05) is 23.2 Å². The van der Waals surface area contributed by atoms with Gasteiger partial charge in [-0.2, -0.15) is 0 Å². The first-order valence-electron chi connectivity index (χ1n) is 6.82. The minimum atomic E-state index is -0.499. The standard InChI is InChI=1S/C15H16Cl2N2O3/c16-12-2-3-13(17)11(9-12)1-4-14(21)18-5-7-19(8-6-18)15(22)10-20/h1-4,9,20H,5-8,10H2/b4-1+. The van der Waals surface area contributed by atoms with Gasteiger partial charge < -0.3 is 14.9 Å². The number of benzene rings is 1. The molecule has 0 saturated carbocycles. The molecule has 5 nitrogen and oxygen atoms in total. The van der Waals surface area contributed by atoms with Crippen LogP contribution in [0.15, 0.2) is 24.3 Å². The molecule has 2 rings (SSSR count). The van der Waals surface area contributed by atoms with Crippen molar-refractivity contribution in [3.8, 4) is 0 Å². The summed E-state index contributed by atoms with van der Waals surface area (Å²) >= 11 is 11.9. The molecule has 22 heavy (non-hydrogen) atoms. The van der Waals surface area contributed by atoms with Crippen LogP contribution in [-0.2, 0) is 9.59 Å². The summed E-state index contributed by atoms with van der Waals surface area (Å²) in [5.41, 5.74) is 0.677. The summed E-state index contributed by atoms with van der Waals surface area (Å²) in [7, 11) is 0. The summed E-state index contributed by atoms with van der Waals surface area (Å²) in [6.07, 6.45) is 3.07. The Balaban J connectivity index is 1.94. The SMILES string of the molecule is O=C(/C=C/c1cc(Cl)ccc1Cl)N1CCN(C(=O)CO)CC1. The number of aliphatic hydroxyl groups excluding tert-OH is 1. The third-order valence-corrected chi connectivity index (χ3v) is 4.02. The summed E-state index contributed by atoms with van der Waals surface area (Å²) in [5, 5.41) is 9.88. The van der Waals surface area contributed by atoms with E-state index in [1.807, 2.05) is 0 Å². The van der Waals surface area contributed by atoms with E-state index < -0.39 is 6.61 Å². The predicted octanol–water partition coefficient (Wildman–Crippen LogP) is 1.67. The van der Waals surface area contributed by atoms with Crippen molar-refractivity contribution in [1.29, 1.82) is 0 Å². The Bertz CT molecular complexity index is 596. The van der Waals surface area contributed by atoms with Gasteiger partial charge in [0.1, 0.15) is 6.61 Å². The highest BCUT2D eigenvalue weighted by Crippen LogP contribution is 2.21. The lowest BCUT2D eigenvalue weighted by atomic mass is 10.2. The number of rotatable bonds is 3. The van der Waals surface area contributed by atoms with Crippen LogP contribution < -0.4 is 0 Å². The molecule has 2 amide bonds. The van der Waals surface area contributed by atoms with Crippen LogP contribution in [0, 0.1) is 0 Å². The topological polar surface area (TPSA) is 60.9 Å². The Labute approximate surface area is 138 Å². The molecule has 1 heterocycles. The first-order chi connectivity index (χ1) is 10.5. The van der Waals surface area contributed by atoms with Crippen molar-refractivity contribution >= 4 is 41.1 Å². The van der Waals surface area contributed by atoms with Crippen molar-refractivity contribution in [2.75, 3.05) is 32.8 Å². The van der Waals surface area contributed by atoms with Crippen LogP contribution in [0.3, 0.4) is 0 Å². The highest BCUT2D eigenvalue weighted by atomic mass is 35.5. The second-order valence-corrected chi connectivity index (χ2v) is 5.71. The molecule has 0 bridgehead atoms. The third kappa shape index (κ3) is 4.22. The molecule has 0 spiro atoms. The van der Waals surface area contributed by atoms with E-state index in [4.69, 9.17) is 28.3 Å². The molecule has 1 saturated heterocycles. The number of carbonyl (C=O) groups excluding carboxylic acids is 2. The number of amides is 2. The van der Waals surface area contributed by atoms with E-state index in [2.05, 4.69) is 0 Å². The normalized spacial score (nSPS) is 15.4. The van der Waals surface area contributed by atoms with Gasteiger partial charge in [-0.25, -0.2) is 0 Å². The van der Waals surface area contributed by atoms with Crippen LogP contribution in [-0.4, -0.2) is 59.5 Å². The van der Waals surface area contributed by atoms with Crippen LogP contribution >= 0.6 is 23.2 Å². The number of nitrogens with zero attached hydrogens (tertiary/aromatic N) is 2. The molecule has 0 atom stereocenters. The van der Waals surface area contributed by atoms with Crippen LogP contribution in [0.2, 0.25) is 10.0 Å². The van der Waals surface area contributed by atoms with E-state index in [1.165, 1.54) is 6.08 Å². The van der Waals surface area contributed by atoms with Gasteiger partial charge in [0.25, 0.3) is 0 Å². The lowest BCUT2D eigenvalue weighted by molar-refractivity contribution is -0.139. The van der Waals surface area contributed by atoms with Gasteiger partial charge in [-0.15, -0.1) is 0 Å².